The molecule has 9 heteroatoms. The second kappa shape index (κ2) is 8.64. The van der Waals surface area contributed by atoms with Gasteiger partial charge in [-0.15, -0.1) is 0 Å². The Morgan fingerprint density at radius 2 is 1.86 bits per heavy atom. The molecule has 1 fully saturated rings. The average Bonchev–Trinajstić information content (AvgIpc) is 2.98. The molecule has 1 saturated heterocycles. The van der Waals surface area contributed by atoms with E-state index in [1.807, 2.05) is 32.0 Å². The van der Waals surface area contributed by atoms with Crippen LogP contribution in [-0.2, 0) is 26.1 Å². The highest BCUT2D eigenvalue weighted by Crippen LogP contribution is 2.24. The van der Waals surface area contributed by atoms with Crippen molar-refractivity contribution < 1.29 is 17.9 Å². The van der Waals surface area contributed by atoms with Gasteiger partial charge >= 0.3 is 0 Å². The van der Waals surface area contributed by atoms with Crippen molar-refractivity contribution in [2.24, 2.45) is 0 Å². The maximum Gasteiger partial charge on any atom is 0.246 e. The molecule has 8 nitrogen and oxygen atoms in total. The number of ether oxygens (including phenoxy) is 1. The number of carbonyl (C=O) groups excluding carboxylic acids is 1. The largest absolute Gasteiger partial charge is 0.379 e. The Morgan fingerprint density at radius 1 is 1.17 bits per heavy atom. The van der Waals surface area contributed by atoms with E-state index in [-0.39, 0.29) is 17.2 Å². The van der Waals surface area contributed by atoms with Gasteiger partial charge in [-0.2, -0.15) is 9.40 Å². The van der Waals surface area contributed by atoms with Gasteiger partial charge in [0.05, 0.1) is 31.1 Å². The fraction of sp³-hybridized carbons (Fsp3) is 0.500. The lowest BCUT2D eigenvalue weighted by Gasteiger charge is -2.26. The number of hydrogen-bond acceptors (Lipinski definition) is 5. The van der Waals surface area contributed by atoms with Crippen LogP contribution in [0.25, 0.3) is 0 Å². The Bertz CT molecular complexity index is 1010. The zero-order valence-electron chi connectivity index (χ0n) is 17.4. The number of aromatic nitrogens is 2. The van der Waals surface area contributed by atoms with Crippen LogP contribution in [-0.4, -0.2) is 54.7 Å². The summed E-state index contributed by atoms with van der Waals surface area (Å²) in [5.41, 5.74) is 3.93. The average molecular weight is 421 g/mol. The molecule has 1 aliphatic rings. The summed E-state index contributed by atoms with van der Waals surface area (Å²) in [5, 5.41) is 7.31. The van der Waals surface area contributed by atoms with E-state index in [0.29, 0.717) is 44.2 Å². The molecule has 0 spiro atoms. The molecule has 0 bridgehead atoms. The minimum absolute atomic E-state index is 0.135. The normalized spacial score (nSPS) is 15.4. The standard InChI is InChI=1S/C20H28N4O4S/c1-14-6-5-7-18(15(14)2)21-19(25)8-9-24-17(4)20(16(3)22-24)29(26,27)23-10-12-28-13-11-23/h5-7H,8-13H2,1-4H3,(H,21,25). The highest BCUT2D eigenvalue weighted by Gasteiger charge is 2.32. The first-order valence-electron chi connectivity index (χ1n) is 9.69. The minimum Gasteiger partial charge on any atom is -0.379 e. The SMILES string of the molecule is Cc1cccc(NC(=O)CCn2nc(C)c(S(=O)(=O)N3CCOCC3)c2C)c1C. The Labute approximate surface area is 171 Å². The van der Waals surface area contributed by atoms with Gasteiger partial charge in [0.15, 0.2) is 0 Å². The van der Waals surface area contributed by atoms with Gasteiger partial charge in [-0.05, 0) is 44.9 Å². The molecule has 0 unspecified atom stereocenters. The van der Waals surface area contributed by atoms with Gasteiger partial charge in [-0.3, -0.25) is 9.48 Å². The first-order valence-corrected chi connectivity index (χ1v) is 11.1. The van der Waals surface area contributed by atoms with Crippen LogP contribution in [0.2, 0.25) is 0 Å². The van der Waals surface area contributed by atoms with E-state index in [0.717, 1.165) is 16.8 Å². The van der Waals surface area contributed by atoms with E-state index in [1.54, 1.807) is 18.5 Å². The highest BCUT2D eigenvalue weighted by molar-refractivity contribution is 7.89. The molecule has 3 rings (SSSR count). The zero-order chi connectivity index (χ0) is 21.2. The predicted molar refractivity (Wildman–Crippen MR) is 110 cm³/mol. The zero-order valence-corrected chi connectivity index (χ0v) is 18.2. The number of nitrogens with one attached hydrogen (secondary N) is 1. The van der Waals surface area contributed by atoms with E-state index in [2.05, 4.69) is 10.4 Å². The fourth-order valence-corrected chi connectivity index (χ4v) is 5.28. The maximum atomic E-state index is 13.0. The van der Waals surface area contributed by atoms with Crippen molar-refractivity contribution >= 4 is 21.6 Å². The van der Waals surface area contributed by atoms with Gasteiger partial charge < -0.3 is 10.1 Å². The summed E-state index contributed by atoms with van der Waals surface area (Å²) >= 11 is 0. The van der Waals surface area contributed by atoms with Crippen LogP contribution in [0.1, 0.15) is 28.9 Å². The van der Waals surface area contributed by atoms with E-state index in [9.17, 15) is 13.2 Å². The van der Waals surface area contributed by atoms with E-state index in [1.165, 1.54) is 4.31 Å². The fourth-order valence-electron chi connectivity index (χ4n) is 3.49. The molecule has 0 aliphatic carbocycles. The van der Waals surface area contributed by atoms with Gasteiger partial charge in [0.2, 0.25) is 15.9 Å². The summed E-state index contributed by atoms with van der Waals surface area (Å²) in [6.07, 6.45) is 0.201. The molecule has 2 aromatic rings. The molecule has 1 aliphatic heterocycles. The summed E-state index contributed by atoms with van der Waals surface area (Å²) in [4.78, 5) is 12.6. The summed E-state index contributed by atoms with van der Waals surface area (Å²) in [6.45, 7) is 9.15. The molecule has 1 amide bonds. The summed E-state index contributed by atoms with van der Waals surface area (Å²) in [5.74, 6) is -0.135. The molecule has 158 valence electrons. The van der Waals surface area contributed by atoms with Crippen LogP contribution in [0.15, 0.2) is 23.1 Å². The maximum absolute atomic E-state index is 13.0. The molecule has 1 aromatic heterocycles. The molecule has 0 atom stereocenters. The molecule has 0 saturated carbocycles. The second-order valence-corrected chi connectivity index (χ2v) is 9.16. The number of aryl methyl sites for hydroxylation is 3. The third-order valence-corrected chi connectivity index (χ3v) is 7.46. The van der Waals surface area contributed by atoms with Gasteiger partial charge in [0.1, 0.15) is 4.90 Å². The number of morpholine rings is 1. The molecule has 1 aromatic carbocycles. The molecule has 1 N–H and O–H groups in total. The van der Waals surface area contributed by atoms with E-state index < -0.39 is 10.0 Å². The van der Waals surface area contributed by atoms with Gasteiger partial charge in [-0.1, -0.05) is 12.1 Å². The number of sulfonamides is 1. The Balaban J connectivity index is 1.72. The number of hydrogen-bond donors (Lipinski definition) is 1. The second-order valence-electron chi connectivity index (χ2n) is 7.29. The van der Waals surface area contributed by atoms with E-state index >= 15 is 0 Å². The monoisotopic (exact) mass is 420 g/mol. The van der Waals surface area contributed by atoms with Gasteiger partial charge in [0.25, 0.3) is 0 Å². The highest BCUT2D eigenvalue weighted by atomic mass is 32.2. The Hall–Kier alpha value is -2.23. The van der Waals surface area contributed by atoms with Crippen molar-refractivity contribution in [2.45, 2.75) is 45.6 Å². The lowest BCUT2D eigenvalue weighted by atomic mass is 10.1. The number of benzene rings is 1. The van der Waals surface area contributed by atoms with Crippen LogP contribution in [0.3, 0.4) is 0 Å². The summed E-state index contributed by atoms with van der Waals surface area (Å²) in [6, 6.07) is 5.77. The van der Waals surface area contributed by atoms with E-state index in [4.69, 9.17) is 4.74 Å². The molecule has 29 heavy (non-hydrogen) atoms. The molecule has 0 radical (unpaired) electrons. The third kappa shape index (κ3) is 4.52. The van der Waals surface area contributed by atoms with Gasteiger partial charge in [-0.25, -0.2) is 8.42 Å². The summed E-state index contributed by atoms with van der Waals surface area (Å²) in [7, 11) is -3.63. The third-order valence-electron chi connectivity index (χ3n) is 5.31. The molecular weight excluding hydrogens is 392 g/mol. The van der Waals surface area contributed by atoms with Crippen molar-refractivity contribution in [3.8, 4) is 0 Å². The van der Waals surface area contributed by atoms with Crippen molar-refractivity contribution in [2.75, 3.05) is 31.6 Å². The minimum atomic E-state index is -3.63. The predicted octanol–water partition coefficient (Wildman–Crippen LogP) is 2.17. The van der Waals surface area contributed by atoms with Crippen molar-refractivity contribution in [3.05, 3.63) is 40.7 Å². The van der Waals surface area contributed by atoms with Gasteiger partial charge in [0, 0.05) is 25.2 Å². The van der Waals surface area contributed by atoms with Crippen LogP contribution in [0.5, 0.6) is 0 Å². The first kappa shape index (κ1) is 21.5. The van der Waals surface area contributed by atoms with Crippen LogP contribution in [0, 0.1) is 27.7 Å². The molecule has 2 heterocycles. The number of carbonyl (C=O) groups is 1. The Kier molecular flexibility index (Phi) is 6.40. The number of rotatable bonds is 6. The number of anilines is 1. The summed E-state index contributed by atoms with van der Waals surface area (Å²) < 4.78 is 34.3. The smallest absolute Gasteiger partial charge is 0.246 e. The van der Waals surface area contributed by atoms with Crippen molar-refractivity contribution in [1.29, 1.82) is 0 Å². The van der Waals surface area contributed by atoms with Crippen LogP contribution in [0.4, 0.5) is 5.69 Å². The number of amides is 1. The lowest BCUT2D eigenvalue weighted by molar-refractivity contribution is -0.116. The lowest BCUT2D eigenvalue weighted by Crippen LogP contribution is -2.41. The van der Waals surface area contributed by atoms with Crippen molar-refractivity contribution in [1.82, 2.24) is 14.1 Å². The molecular formula is C20H28N4O4S. The Morgan fingerprint density at radius 3 is 2.55 bits per heavy atom. The quantitative estimate of drug-likeness (QED) is 0.773. The van der Waals surface area contributed by atoms with Crippen LogP contribution >= 0.6 is 0 Å². The number of nitrogens with zero attached hydrogens (tertiary/aromatic N) is 3. The van der Waals surface area contributed by atoms with Crippen LogP contribution < -0.4 is 5.32 Å². The van der Waals surface area contributed by atoms with Crippen molar-refractivity contribution in [3.63, 3.8) is 0 Å². The topological polar surface area (TPSA) is 93.5 Å². The first-order chi connectivity index (χ1) is 13.7.